The van der Waals surface area contributed by atoms with E-state index in [2.05, 4.69) is 11.8 Å². The van der Waals surface area contributed by atoms with Gasteiger partial charge in [-0.05, 0) is 25.3 Å². The van der Waals surface area contributed by atoms with Gasteiger partial charge in [-0.2, -0.15) is 0 Å². The fourth-order valence-electron chi connectivity index (χ4n) is 2.38. The van der Waals surface area contributed by atoms with Crippen LogP contribution in [0, 0.1) is 5.82 Å². The molecule has 88 valence electrons. The van der Waals surface area contributed by atoms with Crippen LogP contribution < -0.4 is 10.6 Å². The Bertz CT molecular complexity index is 395. The van der Waals surface area contributed by atoms with Gasteiger partial charge in [0, 0.05) is 18.7 Å². The van der Waals surface area contributed by atoms with E-state index in [9.17, 15) is 4.39 Å². The highest BCUT2D eigenvalue weighted by Crippen LogP contribution is 2.34. The van der Waals surface area contributed by atoms with Gasteiger partial charge in [-0.25, -0.2) is 4.39 Å². The molecule has 0 bridgehead atoms. The van der Waals surface area contributed by atoms with E-state index in [1.165, 1.54) is 12.5 Å². The van der Waals surface area contributed by atoms with Crippen LogP contribution in [0.4, 0.5) is 15.8 Å². The summed E-state index contributed by atoms with van der Waals surface area (Å²) in [6.45, 7) is 3.13. The molecular formula is C12H16ClFN2. The minimum absolute atomic E-state index is 0.144. The predicted octanol–water partition coefficient (Wildman–Crippen LogP) is 3.44. The fraction of sp³-hybridized carbons (Fsp3) is 0.500. The highest BCUT2D eigenvalue weighted by atomic mass is 35.5. The molecule has 1 unspecified atom stereocenters. The van der Waals surface area contributed by atoms with E-state index < -0.39 is 5.82 Å². The van der Waals surface area contributed by atoms with E-state index in [1.54, 1.807) is 6.07 Å². The third-order valence-corrected chi connectivity index (χ3v) is 3.52. The van der Waals surface area contributed by atoms with E-state index in [0.717, 1.165) is 25.1 Å². The van der Waals surface area contributed by atoms with Crippen LogP contribution in [0.2, 0.25) is 5.02 Å². The maximum atomic E-state index is 13.2. The molecule has 1 aliphatic heterocycles. The van der Waals surface area contributed by atoms with Crippen molar-refractivity contribution in [3.8, 4) is 0 Å². The van der Waals surface area contributed by atoms with Crippen molar-refractivity contribution >= 4 is 23.0 Å². The molecule has 0 amide bonds. The Morgan fingerprint density at radius 3 is 3.00 bits per heavy atom. The zero-order valence-corrected chi connectivity index (χ0v) is 10.1. The van der Waals surface area contributed by atoms with Crippen LogP contribution in [0.3, 0.4) is 0 Å². The van der Waals surface area contributed by atoms with Crippen molar-refractivity contribution in [3.05, 3.63) is 23.0 Å². The van der Waals surface area contributed by atoms with Crippen LogP contribution in [0.5, 0.6) is 0 Å². The van der Waals surface area contributed by atoms with Crippen LogP contribution in [-0.4, -0.2) is 12.6 Å². The average molecular weight is 243 g/mol. The Labute approximate surface area is 100 Å². The molecule has 2 rings (SSSR count). The molecule has 1 aromatic carbocycles. The fourth-order valence-corrected chi connectivity index (χ4v) is 2.54. The molecule has 0 radical (unpaired) electrons. The van der Waals surface area contributed by atoms with Crippen molar-refractivity contribution in [2.24, 2.45) is 0 Å². The van der Waals surface area contributed by atoms with Crippen molar-refractivity contribution in [2.75, 3.05) is 17.2 Å². The second-order valence-corrected chi connectivity index (χ2v) is 4.63. The molecule has 1 fully saturated rings. The lowest BCUT2D eigenvalue weighted by Gasteiger charge is -2.27. The standard InChI is InChI=1S/C12H16ClFN2/c1-2-8-4-3-5-16(8)12-6-9(13)10(14)7-11(12)15/h6-8H,2-5,15H2,1H3. The third-order valence-electron chi connectivity index (χ3n) is 3.23. The van der Waals surface area contributed by atoms with Gasteiger partial charge in [0.2, 0.25) is 0 Å². The summed E-state index contributed by atoms with van der Waals surface area (Å²) in [4.78, 5) is 2.24. The Hall–Kier alpha value is -0.960. The summed E-state index contributed by atoms with van der Waals surface area (Å²) >= 11 is 5.80. The average Bonchev–Trinajstić information content (AvgIpc) is 2.71. The Kier molecular flexibility index (Phi) is 3.24. The first kappa shape index (κ1) is 11.5. The van der Waals surface area contributed by atoms with Gasteiger partial charge < -0.3 is 10.6 Å². The minimum Gasteiger partial charge on any atom is -0.397 e. The van der Waals surface area contributed by atoms with Gasteiger partial charge >= 0.3 is 0 Å². The number of nitrogen functional groups attached to an aromatic ring is 1. The Balaban J connectivity index is 2.36. The summed E-state index contributed by atoms with van der Waals surface area (Å²) < 4.78 is 13.2. The zero-order chi connectivity index (χ0) is 11.7. The van der Waals surface area contributed by atoms with Crippen molar-refractivity contribution in [3.63, 3.8) is 0 Å². The largest absolute Gasteiger partial charge is 0.397 e. The quantitative estimate of drug-likeness (QED) is 0.805. The number of benzene rings is 1. The summed E-state index contributed by atoms with van der Waals surface area (Å²) in [5, 5.41) is 0.144. The molecular weight excluding hydrogens is 227 g/mol. The van der Waals surface area contributed by atoms with E-state index in [-0.39, 0.29) is 5.02 Å². The number of hydrogen-bond donors (Lipinski definition) is 1. The van der Waals surface area contributed by atoms with E-state index in [0.29, 0.717) is 11.7 Å². The number of halogens is 2. The monoisotopic (exact) mass is 242 g/mol. The molecule has 1 saturated heterocycles. The molecule has 1 heterocycles. The van der Waals surface area contributed by atoms with Crippen molar-refractivity contribution in [1.82, 2.24) is 0 Å². The Morgan fingerprint density at radius 1 is 1.56 bits per heavy atom. The van der Waals surface area contributed by atoms with Crippen LogP contribution >= 0.6 is 11.6 Å². The summed E-state index contributed by atoms with van der Waals surface area (Å²) in [5.41, 5.74) is 7.19. The maximum absolute atomic E-state index is 13.2. The second-order valence-electron chi connectivity index (χ2n) is 4.22. The van der Waals surface area contributed by atoms with Crippen LogP contribution in [0.1, 0.15) is 26.2 Å². The number of anilines is 2. The molecule has 4 heteroatoms. The zero-order valence-electron chi connectivity index (χ0n) is 9.34. The van der Waals surface area contributed by atoms with E-state index in [1.807, 2.05) is 0 Å². The smallest absolute Gasteiger partial charge is 0.143 e. The Morgan fingerprint density at radius 2 is 2.31 bits per heavy atom. The van der Waals surface area contributed by atoms with Gasteiger partial charge in [0.15, 0.2) is 0 Å². The summed E-state index contributed by atoms with van der Waals surface area (Å²) in [6, 6.07) is 3.45. The van der Waals surface area contributed by atoms with Gasteiger partial charge in [-0.3, -0.25) is 0 Å². The van der Waals surface area contributed by atoms with Crippen LogP contribution in [-0.2, 0) is 0 Å². The number of rotatable bonds is 2. The topological polar surface area (TPSA) is 29.3 Å². The molecule has 2 nitrogen and oxygen atoms in total. The minimum atomic E-state index is -0.449. The molecule has 2 N–H and O–H groups in total. The van der Waals surface area contributed by atoms with Crippen LogP contribution in [0.15, 0.2) is 12.1 Å². The lowest BCUT2D eigenvalue weighted by molar-refractivity contribution is 0.625. The van der Waals surface area contributed by atoms with Gasteiger partial charge in [0.05, 0.1) is 16.4 Å². The summed E-state index contributed by atoms with van der Waals surface area (Å²) in [6.07, 6.45) is 3.41. The van der Waals surface area contributed by atoms with Crippen molar-refractivity contribution in [2.45, 2.75) is 32.2 Å². The first-order valence-corrected chi connectivity index (χ1v) is 6.02. The van der Waals surface area contributed by atoms with E-state index >= 15 is 0 Å². The first-order chi connectivity index (χ1) is 7.63. The van der Waals surface area contributed by atoms with Gasteiger partial charge in [0.25, 0.3) is 0 Å². The normalized spacial score (nSPS) is 20.4. The highest BCUT2D eigenvalue weighted by Gasteiger charge is 2.25. The molecule has 0 aliphatic carbocycles. The molecule has 0 aromatic heterocycles. The highest BCUT2D eigenvalue weighted by molar-refractivity contribution is 6.31. The van der Waals surface area contributed by atoms with Crippen LogP contribution in [0.25, 0.3) is 0 Å². The lowest BCUT2D eigenvalue weighted by Crippen LogP contribution is -2.29. The SMILES string of the molecule is CCC1CCCN1c1cc(Cl)c(F)cc1N. The molecule has 1 atom stereocenters. The third kappa shape index (κ3) is 1.96. The summed E-state index contributed by atoms with van der Waals surface area (Å²) in [5.74, 6) is -0.449. The maximum Gasteiger partial charge on any atom is 0.143 e. The van der Waals surface area contributed by atoms with Gasteiger partial charge in [-0.1, -0.05) is 18.5 Å². The van der Waals surface area contributed by atoms with Crippen molar-refractivity contribution < 1.29 is 4.39 Å². The molecule has 16 heavy (non-hydrogen) atoms. The predicted molar refractivity (Wildman–Crippen MR) is 66.5 cm³/mol. The molecule has 0 spiro atoms. The van der Waals surface area contributed by atoms with Gasteiger partial charge in [0.1, 0.15) is 5.82 Å². The number of nitrogens with two attached hydrogens (primary N) is 1. The number of nitrogens with zero attached hydrogens (tertiary/aromatic N) is 1. The van der Waals surface area contributed by atoms with E-state index in [4.69, 9.17) is 17.3 Å². The summed E-state index contributed by atoms with van der Waals surface area (Å²) in [7, 11) is 0. The number of hydrogen-bond acceptors (Lipinski definition) is 2. The molecule has 0 saturated carbocycles. The molecule has 1 aliphatic rings. The second kappa shape index (κ2) is 4.50. The van der Waals surface area contributed by atoms with Gasteiger partial charge in [-0.15, -0.1) is 0 Å². The molecule has 1 aromatic rings. The van der Waals surface area contributed by atoms with Crippen molar-refractivity contribution in [1.29, 1.82) is 0 Å². The lowest BCUT2D eigenvalue weighted by atomic mass is 10.1. The first-order valence-electron chi connectivity index (χ1n) is 5.64.